The van der Waals surface area contributed by atoms with Crippen LogP contribution >= 0.6 is 0 Å². The highest BCUT2D eigenvalue weighted by atomic mass is 15.1. The van der Waals surface area contributed by atoms with E-state index in [-0.39, 0.29) is 0 Å². The maximum absolute atomic E-state index is 3.61. The van der Waals surface area contributed by atoms with Crippen LogP contribution in [0.4, 0.5) is 0 Å². The monoisotopic (exact) mass is 292 g/mol. The third kappa shape index (κ3) is 3.82. The molecule has 4 unspecified atom stereocenters. The molecule has 122 valence electrons. The fourth-order valence-corrected chi connectivity index (χ4v) is 5.48. The zero-order valence-electron chi connectivity index (χ0n) is 14.5. The smallest absolute Gasteiger partial charge is 0.0105 e. The van der Waals surface area contributed by atoms with E-state index in [0.717, 1.165) is 23.8 Å². The summed E-state index contributed by atoms with van der Waals surface area (Å²) in [6, 6.07) is 0.752. The van der Waals surface area contributed by atoms with Crippen LogP contribution in [0.15, 0.2) is 0 Å². The SMILES string of the molecule is CNC1CCC(C)(C)CC1CN1CCC2CCCCC2C1. The van der Waals surface area contributed by atoms with Crippen LogP contribution in [0, 0.1) is 23.2 Å². The Morgan fingerprint density at radius 2 is 1.81 bits per heavy atom. The van der Waals surface area contributed by atoms with Crippen molar-refractivity contribution in [3.05, 3.63) is 0 Å². The first-order chi connectivity index (χ1) is 10.1. The molecule has 3 aliphatic rings. The lowest BCUT2D eigenvalue weighted by atomic mass is 9.69. The molecule has 1 saturated heterocycles. The van der Waals surface area contributed by atoms with Crippen molar-refractivity contribution < 1.29 is 0 Å². The van der Waals surface area contributed by atoms with Crippen molar-refractivity contribution in [1.82, 2.24) is 10.2 Å². The zero-order valence-corrected chi connectivity index (χ0v) is 14.5. The predicted octanol–water partition coefficient (Wildman–Crippen LogP) is 3.91. The molecule has 3 fully saturated rings. The summed E-state index contributed by atoms with van der Waals surface area (Å²) in [5, 5.41) is 3.61. The number of fused-ring (bicyclic) bond motifs is 1. The Balaban J connectivity index is 1.57. The standard InChI is InChI=1S/C19H36N2/c1-19(2)10-8-18(20-3)17(12-19)14-21-11-9-15-6-4-5-7-16(15)13-21/h15-18,20H,4-14H2,1-3H3. The average Bonchev–Trinajstić information content (AvgIpc) is 2.46. The molecule has 2 nitrogen and oxygen atoms in total. The number of nitrogens with one attached hydrogen (secondary N) is 1. The van der Waals surface area contributed by atoms with Crippen LogP contribution in [0.1, 0.15) is 65.2 Å². The van der Waals surface area contributed by atoms with E-state index in [1.807, 2.05) is 0 Å². The van der Waals surface area contributed by atoms with Crippen molar-refractivity contribution in [2.75, 3.05) is 26.7 Å². The lowest BCUT2D eigenvalue weighted by Crippen LogP contribution is -2.49. The number of piperidine rings is 1. The Kier molecular flexibility index (Phi) is 4.95. The molecule has 3 rings (SSSR count). The van der Waals surface area contributed by atoms with E-state index >= 15 is 0 Å². The lowest BCUT2D eigenvalue weighted by molar-refractivity contribution is 0.0477. The van der Waals surface area contributed by atoms with Gasteiger partial charge in [0.25, 0.3) is 0 Å². The van der Waals surface area contributed by atoms with Crippen molar-refractivity contribution in [2.24, 2.45) is 23.2 Å². The minimum atomic E-state index is 0.557. The molecule has 21 heavy (non-hydrogen) atoms. The topological polar surface area (TPSA) is 15.3 Å². The molecule has 0 aromatic heterocycles. The second-order valence-electron chi connectivity index (χ2n) is 8.92. The van der Waals surface area contributed by atoms with Gasteiger partial charge in [-0.25, -0.2) is 0 Å². The molecule has 4 atom stereocenters. The Morgan fingerprint density at radius 1 is 1.05 bits per heavy atom. The van der Waals surface area contributed by atoms with Gasteiger partial charge in [-0.3, -0.25) is 0 Å². The van der Waals surface area contributed by atoms with E-state index in [2.05, 4.69) is 31.1 Å². The van der Waals surface area contributed by atoms with Gasteiger partial charge in [0.15, 0.2) is 0 Å². The van der Waals surface area contributed by atoms with Crippen LogP contribution in [0.25, 0.3) is 0 Å². The van der Waals surface area contributed by atoms with Crippen LogP contribution < -0.4 is 5.32 Å². The minimum Gasteiger partial charge on any atom is -0.317 e. The number of hydrogen-bond acceptors (Lipinski definition) is 2. The molecule has 1 N–H and O–H groups in total. The molecule has 2 heteroatoms. The van der Waals surface area contributed by atoms with Crippen molar-refractivity contribution in [3.8, 4) is 0 Å². The molecular formula is C19H36N2. The fourth-order valence-electron chi connectivity index (χ4n) is 5.48. The number of rotatable bonds is 3. The van der Waals surface area contributed by atoms with Gasteiger partial charge in [-0.2, -0.15) is 0 Å². The molecule has 2 saturated carbocycles. The number of likely N-dealkylation sites (tertiary alicyclic amines) is 1. The Morgan fingerprint density at radius 3 is 2.57 bits per heavy atom. The first-order valence-electron chi connectivity index (χ1n) is 9.47. The van der Waals surface area contributed by atoms with Crippen molar-refractivity contribution in [2.45, 2.75) is 71.3 Å². The summed E-state index contributed by atoms with van der Waals surface area (Å²) in [4.78, 5) is 2.82. The van der Waals surface area contributed by atoms with Crippen LogP contribution in [-0.2, 0) is 0 Å². The van der Waals surface area contributed by atoms with E-state index in [0.29, 0.717) is 5.41 Å². The summed E-state index contributed by atoms with van der Waals surface area (Å²) in [6.07, 6.45) is 11.7. The molecule has 0 radical (unpaired) electrons. The Hall–Kier alpha value is -0.0800. The summed E-state index contributed by atoms with van der Waals surface area (Å²) < 4.78 is 0. The third-order valence-electron chi connectivity index (χ3n) is 6.75. The first kappa shape index (κ1) is 15.8. The highest BCUT2D eigenvalue weighted by Gasteiger charge is 2.37. The summed E-state index contributed by atoms with van der Waals surface area (Å²) in [5.74, 6) is 2.95. The quantitative estimate of drug-likeness (QED) is 0.848. The number of nitrogens with zero attached hydrogens (tertiary/aromatic N) is 1. The summed E-state index contributed by atoms with van der Waals surface area (Å²) in [5.41, 5.74) is 0.557. The highest BCUT2D eigenvalue weighted by Crippen LogP contribution is 2.40. The van der Waals surface area contributed by atoms with Gasteiger partial charge in [0.05, 0.1) is 0 Å². The maximum atomic E-state index is 3.61. The van der Waals surface area contributed by atoms with E-state index in [9.17, 15) is 0 Å². The van der Waals surface area contributed by atoms with Gasteiger partial charge in [-0.05, 0) is 68.9 Å². The first-order valence-corrected chi connectivity index (χ1v) is 9.47. The molecule has 0 spiro atoms. The third-order valence-corrected chi connectivity index (χ3v) is 6.75. The van der Waals surface area contributed by atoms with Gasteiger partial charge in [-0.1, -0.05) is 33.1 Å². The van der Waals surface area contributed by atoms with Gasteiger partial charge in [0.1, 0.15) is 0 Å². The second kappa shape index (κ2) is 6.58. The van der Waals surface area contributed by atoms with Crippen LogP contribution in [0.2, 0.25) is 0 Å². The van der Waals surface area contributed by atoms with Crippen LogP contribution in [0.3, 0.4) is 0 Å². The maximum Gasteiger partial charge on any atom is 0.0105 e. The normalized spacial score (nSPS) is 40.7. The largest absolute Gasteiger partial charge is 0.317 e. The Labute approximate surface area is 132 Å². The van der Waals surface area contributed by atoms with Gasteiger partial charge in [0.2, 0.25) is 0 Å². The fraction of sp³-hybridized carbons (Fsp3) is 1.00. The van der Waals surface area contributed by atoms with Crippen molar-refractivity contribution >= 4 is 0 Å². The summed E-state index contributed by atoms with van der Waals surface area (Å²) >= 11 is 0. The van der Waals surface area contributed by atoms with E-state index in [4.69, 9.17) is 0 Å². The summed E-state index contributed by atoms with van der Waals surface area (Å²) in [6.45, 7) is 9.06. The predicted molar refractivity (Wildman–Crippen MR) is 90.5 cm³/mol. The van der Waals surface area contributed by atoms with E-state index in [1.165, 1.54) is 71.0 Å². The van der Waals surface area contributed by atoms with E-state index in [1.54, 1.807) is 0 Å². The number of hydrogen-bond donors (Lipinski definition) is 1. The molecule has 0 amide bonds. The lowest BCUT2D eigenvalue weighted by Gasteiger charge is -2.46. The van der Waals surface area contributed by atoms with E-state index < -0.39 is 0 Å². The minimum absolute atomic E-state index is 0.557. The molecule has 2 aliphatic carbocycles. The second-order valence-corrected chi connectivity index (χ2v) is 8.92. The van der Waals surface area contributed by atoms with Crippen LogP contribution in [-0.4, -0.2) is 37.6 Å². The average molecular weight is 293 g/mol. The molecular weight excluding hydrogens is 256 g/mol. The molecule has 1 heterocycles. The summed E-state index contributed by atoms with van der Waals surface area (Å²) in [7, 11) is 2.17. The molecule has 1 aliphatic heterocycles. The molecule has 0 aromatic carbocycles. The van der Waals surface area contributed by atoms with Crippen LogP contribution in [0.5, 0.6) is 0 Å². The molecule has 0 aromatic rings. The van der Waals surface area contributed by atoms with Gasteiger partial charge < -0.3 is 10.2 Å². The highest BCUT2D eigenvalue weighted by molar-refractivity contribution is 4.91. The van der Waals surface area contributed by atoms with Crippen molar-refractivity contribution in [1.29, 1.82) is 0 Å². The van der Waals surface area contributed by atoms with Gasteiger partial charge >= 0.3 is 0 Å². The molecule has 0 bridgehead atoms. The zero-order chi connectivity index (χ0) is 14.9. The van der Waals surface area contributed by atoms with Gasteiger partial charge in [-0.15, -0.1) is 0 Å². The van der Waals surface area contributed by atoms with Crippen molar-refractivity contribution in [3.63, 3.8) is 0 Å². The van der Waals surface area contributed by atoms with Gasteiger partial charge in [0, 0.05) is 19.1 Å². The Bertz CT molecular complexity index is 338.